The van der Waals surface area contributed by atoms with Gasteiger partial charge in [-0.25, -0.2) is 0 Å². The van der Waals surface area contributed by atoms with Gasteiger partial charge in [0.2, 0.25) is 0 Å². The number of hydrogen-bond acceptors (Lipinski definition) is 1. The summed E-state index contributed by atoms with van der Waals surface area (Å²) in [5.41, 5.74) is 14.3. The molecule has 1 aromatic heterocycles. The van der Waals surface area contributed by atoms with Crippen LogP contribution in [0, 0.1) is 0 Å². The quantitative estimate of drug-likeness (QED) is 0.169. The maximum absolute atomic E-state index is 2.36. The summed E-state index contributed by atoms with van der Waals surface area (Å²) in [6, 6.07) is 73.9. The molecule has 8 aromatic carbocycles. The molecule has 2 heteroatoms. The molecule has 0 aliphatic heterocycles. The van der Waals surface area contributed by atoms with Crippen LogP contribution in [0.5, 0.6) is 0 Å². The van der Waals surface area contributed by atoms with Crippen molar-refractivity contribution in [2.24, 2.45) is 0 Å². The van der Waals surface area contributed by atoms with E-state index < -0.39 is 0 Å². The van der Waals surface area contributed by atoms with E-state index in [1.807, 2.05) is 0 Å². The van der Waals surface area contributed by atoms with E-state index in [1.54, 1.807) is 0 Å². The number of aromatic nitrogens is 1. The Morgan fingerprint density at radius 2 is 0.660 bits per heavy atom. The maximum Gasteiger partial charge on any atom is 0.0541 e. The molecule has 0 aliphatic carbocycles. The Hall–Kier alpha value is -6.64. The SMILES string of the molecule is c1ccc(N(c2ccccc2)c2ccc(-c3ccc(-c4ccc(-c5ccc6c(c5)c5ccccc5n6-c5ccccc5)cc4)cc3)cc2)cc1. The van der Waals surface area contributed by atoms with E-state index in [0.717, 1.165) is 17.1 Å². The van der Waals surface area contributed by atoms with Gasteiger partial charge in [-0.15, -0.1) is 0 Å². The predicted octanol–water partition coefficient (Wildman–Crippen LogP) is 13.3. The van der Waals surface area contributed by atoms with Crippen LogP contribution in [0.4, 0.5) is 17.1 Å². The fourth-order valence-electron chi connectivity index (χ4n) is 7.12. The van der Waals surface area contributed by atoms with Crippen LogP contribution in [0.2, 0.25) is 0 Å². The maximum atomic E-state index is 2.36. The number of benzene rings is 8. The van der Waals surface area contributed by atoms with Crippen molar-refractivity contribution < 1.29 is 0 Å². The second-order valence-electron chi connectivity index (χ2n) is 12.6. The average molecular weight is 639 g/mol. The van der Waals surface area contributed by atoms with Crippen LogP contribution in [0.25, 0.3) is 60.9 Å². The van der Waals surface area contributed by atoms with E-state index >= 15 is 0 Å². The fraction of sp³-hybridized carbons (Fsp3) is 0. The smallest absolute Gasteiger partial charge is 0.0541 e. The molecule has 0 saturated carbocycles. The third-order valence-corrected chi connectivity index (χ3v) is 9.61. The number of rotatable bonds is 7. The molecule has 0 N–H and O–H groups in total. The molecule has 9 aromatic rings. The lowest BCUT2D eigenvalue weighted by Gasteiger charge is -2.25. The lowest BCUT2D eigenvalue weighted by atomic mass is 9.97. The minimum Gasteiger partial charge on any atom is -0.311 e. The van der Waals surface area contributed by atoms with E-state index in [9.17, 15) is 0 Å². The van der Waals surface area contributed by atoms with Gasteiger partial charge < -0.3 is 9.47 Å². The summed E-state index contributed by atoms with van der Waals surface area (Å²) in [6.07, 6.45) is 0. The highest BCUT2D eigenvalue weighted by Crippen LogP contribution is 2.37. The molecule has 236 valence electrons. The number of anilines is 3. The summed E-state index contributed by atoms with van der Waals surface area (Å²) in [5.74, 6) is 0. The zero-order valence-corrected chi connectivity index (χ0v) is 27.5. The Bertz CT molecular complexity index is 2490. The minimum atomic E-state index is 1.13. The van der Waals surface area contributed by atoms with Crippen LogP contribution in [0.15, 0.2) is 206 Å². The number of hydrogen-bond donors (Lipinski definition) is 0. The van der Waals surface area contributed by atoms with Crippen molar-refractivity contribution in [3.8, 4) is 39.1 Å². The van der Waals surface area contributed by atoms with Crippen LogP contribution in [0.3, 0.4) is 0 Å². The molecule has 2 nitrogen and oxygen atoms in total. The Morgan fingerprint density at radius 3 is 1.20 bits per heavy atom. The van der Waals surface area contributed by atoms with Crippen molar-refractivity contribution in [1.29, 1.82) is 0 Å². The topological polar surface area (TPSA) is 8.17 Å². The molecule has 0 atom stereocenters. The largest absolute Gasteiger partial charge is 0.311 e. The number of fused-ring (bicyclic) bond motifs is 3. The molecule has 0 radical (unpaired) electrons. The highest BCUT2D eigenvalue weighted by molar-refractivity contribution is 6.10. The van der Waals surface area contributed by atoms with Crippen LogP contribution in [-0.2, 0) is 0 Å². The first kappa shape index (κ1) is 29.5. The lowest BCUT2D eigenvalue weighted by Crippen LogP contribution is -2.09. The van der Waals surface area contributed by atoms with Gasteiger partial charge in [-0.05, 0) is 100 Å². The summed E-state index contributed by atoms with van der Waals surface area (Å²) >= 11 is 0. The molecule has 0 unspecified atom stereocenters. The summed E-state index contributed by atoms with van der Waals surface area (Å²) in [7, 11) is 0. The third kappa shape index (κ3) is 5.43. The molecule has 9 rings (SSSR count). The van der Waals surface area contributed by atoms with Crippen molar-refractivity contribution in [2.75, 3.05) is 4.90 Å². The van der Waals surface area contributed by atoms with E-state index in [2.05, 4.69) is 216 Å². The summed E-state index contributed by atoms with van der Waals surface area (Å²) in [6.45, 7) is 0. The van der Waals surface area contributed by atoms with E-state index in [-0.39, 0.29) is 0 Å². The summed E-state index contributed by atoms with van der Waals surface area (Å²) in [4.78, 5) is 2.29. The van der Waals surface area contributed by atoms with Crippen molar-refractivity contribution in [3.63, 3.8) is 0 Å². The van der Waals surface area contributed by atoms with Gasteiger partial charge in [-0.2, -0.15) is 0 Å². The van der Waals surface area contributed by atoms with Gasteiger partial charge in [-0.3, -0.25) is 0 Å². The minimum absolute atomic E-state index is 1.13. The molecule has 0 spiro atoms. The second-order valence-corrected chi connectivity index (χ2v) is 12.6. The van der Waals surface area contributed by atoms with Crippen LogP contribution in [0.1, 0.15) is 0 Å². The van der Waals surface area contributed by atoms with Crippen molar-refractivity contribution in [2.45, 2.75) is 0 Å². The Kier molecular flexibility index (Phi) is 7.53. The van der Waals surface area contributed by atoms with Crippen molar-refractivity contribution in [3.05, 3.63) is 206 Å². The van der Waals surface area contributed by atoms with E-state index in [4.69, 9.17) is 0 Å². The van der Waals surface area contributed by atoms with Gasteiger partial charge in [0.25, 0.3) is 0 Å². The van der Waals surface area contributed by atoms with Crippen molar-refractivity contribution in [1.82, 2.24) is 4.57 Å². The first-order chi connectivity index (χ1) is 24.8. The van der Waals surface area contributed by atoms with Gasteiger partial charge in [0.1, 0.15) is 0 Å². The molecule has 0 amide bonds. The monoisotopic (exact) mass is 638 g/mol. The highest BCUT2D eigenvalue weighted by atomic mass is 15.1. The Morgan fingerprint density at radius 1 is 0.280 bits per heavy atom. The van der Waals surface area contributed by atoms with Gasteiger partial charge in [0.05, 0.1) is 11.0 Å². The third-order valence-electron chi connectivity index (χ3n) is 9.61. The zero-order chi connectivity index (χ0) is 33.3. The molecule has 1 heterocycles. The summed E-state index contributed by atoms with van der Waals surface area (Å²) in [5, 5.41) is 2.53. The van der Waals surface area contributed by atoms with Gasteiger partial charge in [0.15, 0.2) is 0 Å². The zero-order valence-electron chi connectivity index (χ0n) is 27.5. The standard InChI is InChI=1S/C48H34N2/c1-4-12-41(13-5-1)49(42-14-6-2-7-15-42)44-31-28-38(29-32-44)37-22-20-35(21-23-37)36-24-26-39(27-25-36)40-30-33-48-46(34-40)45-18-10-11-19-47(45)50(48)43-16-8-3-9-17-43/h1-34H. The molecule has 0 aliphatic rings. The van der Waals surface area contributed by atoms with Crippen LogP contribution < -0.4 is 4.90 Å². The Balaban J connectivity index is 0.970. The highest BCUT2D eigenvalue weighted by Gasteiger charge is 2.14. The van der Waals surface area contributed by atoms with Crippen LogP contribution in [-0.4, -0.2) is 4.57 Å². The average Bonchev–Trinajstić information content (AvgIpc) is 3.53. The first-order valence-electron chi connectivity index (χ1n) is 17.1. The molecule has 0 fully saturated rings. The van der Waals surface area contributed by atoms with Gasteiger partial charge >= 0.3 is 0 Å². The normalized spacial score (nSPS) is 11.2. The second kappa shape index (κ2) is 12.8. The lowest BCUT2D eigenvalue weighted by molar-refractivity contribution is 1.18. The Labute approximate surface area is 292 Å². The van der Waals surface area contributed by atoms with Crippen LogP contribution >= 0.6 is 0 Å². The molecular weight excluding hydrogens is 605 g/mol. The number of nitrogens with zero attached hydrogens (tertiary/aromatic N) is 2. The molecule has 50 heavy (non-hydrogen) atoms. The predicted molar refractivity (Wildman–Crippen MR) is 212 cm³/mol. The summed E-state index contributed by atoms with van der Waals surface area (Å²) < 4.78 is 2.36. The van der Waals surface area contributed by atoms with Crippen molar-refractivity contribution >= 4 is 38.9 Å². The molecule has 0 saturated heterocycles. The molecular formula is C48H34N2. The van der Waals surface area contributed by atoms with Gasteiger partial charge in [-0.1, -0.05) is 140 Å². The van der Waals surface area contributed by atoms with E-state index in [0.29, 0.717) is 0 Å². The first-order valence-corrected chi connectivity index (χ1v) is 17.1. The molecule has 0 bridgehead atoms. The van der Waals surface area contributed by atoms with E-state index in [1.165, 1.54) is 60.9 Å². The van der Waals surface area contributed by atoms with Gasteiger partial charge in [0, 0.05) is 33.5 Å². The fourth-order valence-corrected chi connectivity index (χ4v) is 7.12. The number of para-hydroxylation sites is 4.